The second-order valence-corrected chi connectivity index (χ2v) is 4.88. The Morgan fingerprint density at radius 3 is 2.81 bits per heavy atom. The first kappa shape index (κ1) is 11.1. The number of aryl methyl sites for hydroxylation is 1. The zero-order chi connectivity index (χ0) is 11.7. The van der Waals surface area contributed by atoms with E-state index in [1.807, 2.05) is 6.92 Å². The zero-order valence-corrected chi connectivity index (χ0v) is 9.61. The number of thiazole rings is 1. The molecule has 1 fully saturated rings. The molecule has 1 aromatic rings. The highest BCUT2D eigenvalue weighted by Crippen LogP contribution is 2.33. The van der Waals surface area contributed by atoms with Crippen molar-refractivity contribution >= 4 is 23.7 Å². The van der Waals surface area contributed by atoms with E-state index in [0.717, 1.165) is 17.8 Å². The number of carboxylic acid groups (broad SMARTS) is 1. The SMILES string of the molecule is Cc1nc(C(C(=O)O)N(C=O)C2CC2)cs1. The van der Waals surface area contributed by atoms with Crippen molar-refractivity contribution in [1.29, 1.82) is 0 Å². The summed E-state index contributed by atoms with van der Waals surface area (Å²) >= 11 is 1.39. The lowest BCUT2D eigenvalue weighted by molar-refractivity contribution is -0.147. The van der Waals surface area contributed by atoms with Gasteiger partial charge in [-0.25, -0.2) is 9.78 Å². The van der Waals surface area contributed by atoms with E-state index < -0.39 is 12.0 Å². The second kappa shape index (κ2) is 4.21. The summed E-state index contributed by atoms with van der Waals surface area (Å²) in [6, 6.07) is -0.865. The van der Waals surface area contributed by atoms with Crippen LogP contribution in [0.4, 0.5) is 0 Å². The molecule has 6 heteroatoms. The van der Waals surface area contributed by atoms with Gasteiger partial charge in [-0.3, -0.25) is 4.79 Å². The number of carboxylic acids is 1. The third-order valence-corrected chi connectivity index (χ3v) is 3.33. The summed E-state index contributed by atoms with van der Waals surface area (Å²) in [4.78, 5) is 27.7. The van der Waals surface area contributed by atoms with Crippen molar-refractivity contribution in [1.82, 2.24) is 9.88 Å². The van der Waals surface area contributed by atoms with Crippen molar-refractivity contribution < 1.29 is 14.7 Å². The van der Waals surface area contributed by atoms with E-state index in [1.165, 1.54) is 16.2 Å². The smallest absolute Gasteiger partial charge is 0.332 e. The van der Waals surface area contributed by atoms with Crippen LogP contribution in [0, 0.1) is 6.92 Å². The molecule has 1 amide bonds. The molecule has 0 radical (unpaired) electrons. The van der Waals surface area contributed by atoms with Crippen LogP contribution >= 0.6 is 11.3 Å². The van der Waals surface area contributed by atoms with Crippen LogP contribution < -0.4 is 0 Å². The Kier molecular flexibility index (Phi) is 2.91. The first-order valence-corrected chi connectivity index (χ1v) is 5.89. The number of nitrogens with zero attached hydrogens (tertiary/aromatic N) is 2. The molecule has 1 heterocycles. The second-order valence-electron chi connectivity index (χ2n) is 3.82. The Morgan fingerprint density at radius 2 is 2.44 bits per heavy atom. The van der Waals surface area contributed by atoms with Crippen molar-refractivity contribution in [3.63, 3.8) is 0 Å². The standard InChI is InChI=1S/C10H12N2O3S/c1-6-11-8(4-16-6)9(10(14)15)12(5-13)7-2-3-7/h4-5,7,9H,2-3H2,1H3,(H,14,15). The minimum atomic E-state index is -1.02. The summed E-state index contributed by atoms with van der Waals surface area (Å²) in [5.41, 5.74) is 0.453. The number of hydrogen-bond acceptors (Lipinski definition) is 4. The fraction of sp³-hybridized carbons (Fsp3) is 0.500. The Labute approximate surface area is 96.7 Å². The predicted octanol–water partition coefficient (Wildman–Crippen LogP) is 1.20. The van der Waals surface area contributed by atoms with Gasteiger partial charge in [-0.1, -0.05) is 0 Å². The highest BCUT2D eigenvalue weighted by atomic mass is 32.1. The molecular weight excluding hydrogens is 228 g/mol. The van der Waals surface area contributed by atoms with Gasteiger partial charge in [0, 0.05) is 11.4 Å². The van der Waals surface area contributed by atoms with E-state index in [0.29, 0.717) is 12.1 Å². The van der Waals surface area contributed by atoms with Gasteiger partial charge in [0.2, 0.25) is 6.41 Å². The molecule has 1 N–H and O–H groups in total. The van der Waals surface area contributed by atoms with E-state index in [9.17, 15) is 14.7 Å². The quantitative estimate of drug-likeness (QED) is 0.785. The largest absolute Gasteiger partial charge is 0.479 e. The maximum Gasteiger partial charge on any atom is 0.332 e. The van der Waals surface area contributed by atoms with E-state index in [-0.39, 0.29) is 6.04 Å². The molecule has 0 spiro atoms. The molecule has 0 aromatic carbocycles. The van der Waals surface area contributed by atoms with Gasteiger partial charge in [0.1, 0.15) is 0 Å². The van der Waals surface area contributed by atoms with E-state index in [2.05, 4.69) is 4.98 Å². The summed E-state index contributed by atoms with van der Waals surface area (Å²) in [6.07, 6.45) is 2.38. The van der Waals surface area contributed by atoms with Gasteiger partial charge >= 0.3 is 5.97 Å². The third kappa shape index (κ3) is 2.06. The van der Waals surface area contributed by atoms with Crippen molar-refractivity contribution in [2.75, 3.05) is 0 Å². The molecule has 1 aliphatic carbocycles. The lowest BCUT2D eigenvalue weighted by atomic mass is 10.2. The minimum absolute atomic E-state index is 0.0700. The van der Waals surface area contributed by atoms with Crippen LogP contribution in [0.25, 0.3) is 0 Å². The van der Waals surface area contributed by atoms with Crippen LogP contribution in [0.3, 0.4) is 0 Å². The van der Waals surface area contributed by atoms with Crippen LogP contribution in [0.2, 0.25) is 0 Å². The average Bonchev–Trinajstić information content (AvgIpc) is 2.98. The summed E-state index contributed by atoms with van der Waals surface area (Å²) in [5.74, 6) is -1.02. The molecule has 0 bridgehead atoms. The molecule has 1 aromatic heterocycles. The van der Waals surface area contributed by atoms with Crippen molar-refractivity contribution in [3.8, 4) is 0 Å². The van der Waals surface area contributed by atoms with Crippen LogP contribution in [-0.4, -0.2) is 33.4 Å². The first-order valence-electron chi connectivity index (χ1n) is 5.01. The summed E-state index contributed by atoms with van der Waals surface area (Å²) < 4.78 is 0. The lowest BCUT2D eigenvalue weighted by Crippen LogP contribution is -2.35. The number of aromatic nitrogens is 1. The van der Waals surface area contributed by atoms with Gasteiger partial charge in [-0.2, -0.15) is 0 Å². The molecule has 2 rings (SSSR count). The summed E-state index contributed by atoms with van der Waals surface area (Å²) in [5, 5.41) is 11.7. The topological polar surface area (TPSA) is 70.5 Å². The fourth-order valence-electron chi connectivity index (χ4n) is 1.64. The van der Waals surface area contributed by atoms with Gasteiger partial charge in [0.25, 0.3) is 0 Å². The number of hydrogen-bond donors (Lipinski definition) is 1. The lowest BCUT2D eigenvalue weighted by Gasteiger charge is -2.23. The maximum atomic E-state index is 11.2. The highest BCUT2D eigenvalue weighted by molar-refractivity contribution is 7.09. The molecule has 0 aliphatic heterocycles. The molecule has 1 saturated carbocycles. The molecule has 16 heavy (non-hydrogen) atoms. The number of aliphatic carboxylic acids is 1. The monoisotopic (exact) mass is 240 g/mol. The van der Waals surface area contributed by atoms with Crippen LogP contribution in [0.5, 0.6) is 0 Å². The molecular formula is C10H12N2O3S. The zero-order valence-electron chi connectivity index (χ0n) is 8.79. The molecule has 1 atom stereocenters. The van der Waals surface area contributed by atoms with Gasteiger partial charge < -0.3 is 10.0 Å². The van der Waals surface area contributed by atoms with Crippen LogP contribution in [-0.2, 0) is 9.59 Å². The van der Waals surface area contributed by atoms with E-state index in [4.69, 9.17) is 0 Å². The van der Waals surface area contributed by atoms with Crippen molar-refractivity contribution in [3.05, 3.63) is 16.1 Å². The first-order chi connectivity index (χ1) is 7.63. The molecule has 0 saturated heterocycles. The van der Waals surface area contributed by atoms with Gasteiger partial charge in [0.15, 0.2) is 6.04 Å². The molecule has 5 nitrogen and oxygen atoms in total. The predicted molar refractivity (Wildman–Crippen MR) is 58.2 cm³/mol. The number of amides is 1. The molecule has 1 aliphatic rings. The number of rotatable bonds is 5. The van der Waals surface area contributed by atoms with E-state index in [1.54, 1.807) is 5.38 Å². The minimum Gasteiger partial charge on any atom is -0.479 e. The summed E-state index contributed by atoms with van der Waals surface area (Å²) in [6.45, 7) is 1.81. The van der Waals surface area contributed by atoms with Crippen molar-refractivity contribution in [2.24, 2.45) is 0 Å². The Morgan fingerprint density at radius 1 is 1.75 bits per heavy atom. The fourth-order valence-corrected chi connectivity index (χ4v) is 2.27. The van der Waals surface area contributed by atoms with Crippen LogP contribution in [0.15, 0.2) is 5.38 Å². The number of carbonyl (C=O) groups excluding carboxylic acids is 1. The molecule has 86 valence electrons. The maximum absolute atomic E-state index is 11.2. The molecule has 1 unspecified atom stereocenters. The van der Waals surface area contributed by atoms with Gasteiger partial charge in [-0.15, -0.1) is 11.3 Å². The average molecular weight is 240 g/mol. The van der Waals surface area contributed by atoms with Gasteiger partial charge in [0.05, 0.1) is 10.7 Å². The summed E-state index contributed by atoms with van der Waals surface area (Å²) in [7, 11) is 0. The highest BCUT2D eigenvalue weighted by Gasteiger charge is 2.38. The Hall–Kier alpha value is -1.43. The normalized spacial score (nSPS) is 16.8. The number of carbonyl (C=O) groups is 2. The van der Waals surface area contributed by atoms with Gasteiger partial charge in [-0.05, 0) is 19.8 Å². The third-order valence-electron chi connectivity index (χ3n) is 2.54. The Balaban J connectivity index is 2.28. The van der Waals surface area contributed by atoms with E-state index >= 15 is 0 Å². The van der Waals surface area contributed by atoms with Crippen LogP contribution in [0.1, 0.15) is 29.6 Å². The van der Waals surface area contributed by atoms with Crippen molar-refractivity contribution in [2.45, 2.75) is 31.8 Å². The Bertz CT molecular complexity index is 414.